The van der Waals surface area contributed by atoms with Gasteiger partial charge in [-0.2, -0.15) is 0 Å². The van der Waals surface area contributed by atoms with Crippen molar-refractivity contribution in [2.24, 2.45) is 0 Å². The molecule has 0 aromatic carbocycles. The third-order valence-electron chi connectivity index (χ3n) is 9.60. The summed E-state index contributed by atoms with van der Waals surface area (Å²) in [6.45, 7) is 48.8. The van der Waals surface area contributed by atoms with Crippen molar-refractivity contribution < 1.29 is 0 Å². The SMILES string of the molecule is C[Si](C)(C)C1=CC([Si](C)(C)C)([Si](C)(C)C)C2=C(C1)[C@H]([Si](C)(C)C)[C@@H]([Si](C)(C)C)[C@H]([Si](C)(C)C)C2. The molecule has 3 atom stereocenters. The molecule has 0 aromatic rings. The van der Waals surface area contributed by atoms with E-state index in [1.807, 2.05) is 16.3 Å². The largest absolute Gasteiger partial charge is 0.0840 e. The normalized spacial score (nSPS) is 27.5. The molecule has 0 aliphatic heterocycles. The molecule has 0 spiro atoms. The molecule has 0 unspecified atom stereocenters. The summed E-state index contributed by atoms with van der Waals surface area (Å²) in [5, 5.41) is 1.92. The lowest BCUT2D eigenvalue weighted by Crippen LogP contribution is -2.59. The highest BCUT2D eigenvalue weighted by atomic mass is 28.4. The quantitative estimate of drug-likeness (QED) is 0.221. The standard InChI is InChI=1S/C28H62Si6/c1-29(2,3)22-19-23-24(28(21-22,33(13,14)15)34(16,17)18)20-25(30(4,5)6)27(32(10,11)12)26(23)31(7,8)9/h21,25-27H,19-20H2,1-18H3/t25-,26+,27+/m1/s1. The van der Waals surface area contributed by atoms with Gasteiger partial charge in [-0.3, -0.25) is 0 Å². The van der Waals surface area contributed by atoms with Crippen molar-refractivity contribution in [1.82, 2.24) is 0 Å². The second-order valence-corrected chi connectivity index (χ2v) is 50.8. The van der Waals surface area contributed by atoms with Crippen molar-refractivity contribution in [3.63, 3.8) is 0 Å². The molecular formula is C28H62Si6. The van der Waals surface area contributed by atoms with Crippen LogP contribution in [0.5, 0.6) is 0 Å². The van der Waals surface area contributed by atoms with Crippen molar-refractivity contribution in [2.45, 2.75) is 152 Å². The summed E-state index contributed by atoms with van der Waals surface area (Å²) in [6.07, 6.45) is 5.81. The Bertz CT molecular complexity index is 824. The molecule has 198 valence electrons. The molecule has 0 aromatic heterocycles. The number of allylic oxidation sites excluding steroid dienone is 4. The second-order valence-electron chi connectivity index (χ2n) is 18.3. The van der Waals surface area contributed by atoms with E-state index in [-0.39, 0.29) is 0 Å². The van der Waals surface area contributed by atoms with Gasteiger partial charge in [0.1, 0.15) is 0 Å². The molecule has 34 heavy (non-hydrogen) atoms. The fraction of sp³-hybridized carbons (Fsp3) is 0.857. The van der Waals surface area contributed by atoms with Crippen LogP contribution in [-0.2, 0) is 0 Å². The minimum atomic E-state index is -1.52. The van der Waals surface area contributed by atoms with Crippen LogP contribution < -0.4 is 0 Å². The number of hydrogen-bond acceptors (Lipinski definition) is 0. The van der Waals surface area contributed by atoms with Gasteiger partial charge < -0.3 is 0 Å². The molecule has 0 saturated carbocycles. The Morgan fingerprint density at radius 1 is 0.618 bits per heavy atom. The molecule has 0 fully saturated rings. The summed E-state index contributed by atoms with van der Waals surface area (Å²) in [5.74, 6) is 0. The number of rotatable bonds is 6. The molecule has 0 N–H and O–H groups in total. The zero-order chi connectivity index (χ0) is 27.1. The zero-order valence-electron chi connectivity index (χ0n) is 26.7. The highest BCUT2D eigenvalue weighted by Gasteiger charge is 2.61. The highest BCUT2D eigenvalue weighted by molar-refractivity contribution is 7.01. The Hall–Kier alpha value is 0.781. The van der Waals surface area contributed by atoms with E-state index in [0.29, 0.717) is 4.66 Å². The van der Waals surface area contributed by atoms with Gasteiger partial charge in [0, 0.05) is 16.1 Å². The van der Waals surface area contributed by atoms with Gasteiger partial charge in [-0.15, -0.1) is 0 Å². The molecule has 0 bridgehead atoms. The van der Waals surface area contributed by atoms with E-state index >= 15 is 0 Å². The van der Waals surface area contributed by atoms with Crippen molar-refractivity contribution in [1.29, 1.82) is 0 Å². The van der Waals surface area contributed by atoms with Gasteiger partial charge in [0.15, 0.2) is 0 Å². The van der Waals surface area contributed by atoms with Crippen LogP contribution in [0.15, 0.2) is 22.4 Å². The Morgan fingerprint density at radius 2 is 1.06 bits per heavy atom. The summed E-state index contributed by atoms with van der Waals surface area (Å²) >= 11 is 0. The van der Waals surface area contributed by atoms with Crippen LogP contribution in [0.25, 0.3) is 0 Å². The van der Waals surface area contributed by atoms with E-state index in [4.69, 9.17) is 0 Å². The van der Waals surface area contributed by atoms with Crippen LogP contribution in [-0.4, -0.2) is 48.4 Å². The molecule has 0 saturated heterocycles. The smallest absolute Gasteiger partial charge is 0.0724 e. The van der Waals surface area contributed by atoms with Crippen molar-refractivity contribution in [3.8, 4) is 0 Å². The van der Waals surface area contributed by atoms with Crippen molar-refractivity contribution >= 4 is 48.4 Å². The van der Waals surface area contributed by atoms with Gasteiger partial charge in [0.25, 0.3) is 0 Å². The van der Waals surface area contributed by atoms with Crippen molar-refractivity contribution in [2.75, 3.05) is 0 Å². The van der Waals surface area contributed by atoms with E-state index in [1.165, 1.54) is 12.8 Å². The Kier molecular flexibility index (Phi) is 8.14. The summed E-state index contributed by atoms with van der Waals surface area (Å²) in [7, 11) is -8.49. The first-order chi connectivity index (χ1) is 14.7. The van der Waals surface area contributed by atoms with E-state index in [2.05, 4.69) is 124 Å². The third-order valence-corrected chi connectivity index (χ3v) is 30.7. The van der Waals surface area contributed by atoms with Gasteiger partial charge >= 0.3 is 0 Å². The molecule has 0 radical (unpaired) electrons. The Balaban J connectivity index is 3.11. The highest BCUT2D eigenvalue weighted by Crippen LogP contribution is 2.70. The molecule has 2 rings (SSSR count). The summed E-state index contributed by atoms with van der Waals surface area (Å²) in [4.78, 5) is 0. The van der Waals surface area contributed by atoms with Crippen molar-refractivity contribution in [3.05, 3.63) is 22.4 Å². The molecule has 2 aliphatic carbocycles. The van der Waals surface area contributed by atoms with Crippen LogP contribution in [0.4, 0.5) is 0 Å². The first-order valence-corrected chi connectivity index (χ1v) is 35.3. The zero-order valence-corrected chi connectivity index (χ0v) is 32.7. The second kappa shape index (κ2) is 8.92. The lowest BCUT2D eigenvalue weighted by atomic mass is 9.82. The van der Waals surface area contributed by atoms with Crippen LogP contribution in [0, 0.1) is 0 Å². The Morgan fingerprint density at radius 3 is 1.35 bits per heavy atom. The molecule has 0 amide bonds. The fourth-order valence-electron chi connectivity index (χ4n) is 8.31. The lowest BCUT2D eigenvalue weighted by Gasteiger charge is -2.62. The monoisotopic (exact) mass is 566 g/mol. The maximum absolute atomic E-state index is 3.02. The summed E-state index contributed by atoms with van der Waals surface area (Å²) in [6, 6.07) is 0. The predicted octanol–water partition coefficient (Wildman–Crippen LogP) is 11.0. The lowest BCUT2D eigenvalue weighted by molar-refractivity contribution is 0.582. The Labute approximate surface area is 221 Å². The van der Waals surface area contributed by atoms with Crippen LogP contribution in [0.1, 0.15) is 12.8 Å². The first kappa shape index (κ1) is 31.0. The predicted molar refractivity (Wildman–Crippen MR) is 178 cm³/mol. The van der Waals surface area contributed by atoms with Gasteiger partial charge in [-0.05, 0) is 34.1 Å². The molecule has 0 heterocycles. The molecule has 0 nitrogen and oxygen atoms in total. The van der Waals surface area contributed by atoms with Gasteiger partial charge in [0.05, 0.1) is 32.3 Å². The average Bonchev–Trinajstić information content (AvgIpc) is 2.53. The maximum Gasteiger partial charge on any atom is 0.0724 e. The van der Waals surface area contributed by atoms with Crippen LogP contribution in [0.3, 0.4) is 0 Å². The maximum atomic E-state index is 3.02. The van der Waals surface area contributed by atoms with Gasteiger partial charge in [-0.1, -0.05) is 140 Å². The van der Waals surface area contributed by atoms with Gasteiger partial charge in [-0.25, -0.2) is 0 Å². The summed E-state index contributed by atoms with van der Waals surface area (Å²) < 4.78 is 0.420. The number of hydrogen-bond donors (Lipinski definition) is 0. The fourth-order valence-corrected chi connectivity index (χ4v) is 36.0. The van der Waals surface area contributed by atoms with E-state index < -0.39 is 48.4 Å². The van der Waals surface area contributed by atoms with Crippen LogP contribution in [0.2, 0.25) is 139 Å². The minimum Gasteiger partial charge on any atom is -0.0840 e. The van der Waals surface area contributed by atoms with E-state index in [1.54, 1.807) is 0 Å². The van der Waals surface area contributed by atoms with Crippen LogP contribution >= 0.6 is 0 Å². The average molecular weight is 567 g/mol. The van der Waals surface area contributed by atoms with E-state index in [0.717, 1.165) is 16.6 Å². The first-order valence-electron chi connectivity index (χ1n) is 14.1. The van der Waals surface area contributed by atoms with Gasteiger partial charge in [0.2, 0.25) is 0 Å². The summed E-state index contributed by atoms with van der Waals surface area (Å²) in [5.41, 5.74) is 6.91. The molecule has 2 aliphatic rings. The topological polar surface area (TPSA) is 0 Å². The van der Waals surface area contributed by atoms with E-state index in [9.17, 15) is 0 Å². The molecule has 6 heteroatoms. The molecular weight excluding hydrogens is 505 g/mol. The third kappa shape index (κ3) is 5.47. The minimum absolute atomic E-state index is 0.420.